The second-order valence-electron chi connectivity index (χ2n) is 2.89. The number of phosphoric acid groups is 1. The van der Waals surface area contributed by atoms with Gasteiger partial charge in [-0.2, -0.15) is 0 Å². The fourth-order valence-electron chi connectivity index (χ4n) is 0. The summed E-state index contributed by atoms with van der Waals surface area (Å²) < 4.78 is 8.66. The van der Waals surface area contributed by atoms with Gasteiger partial charge in [-0.15, -0.1) is 0 Å². The Morgan fingerprint density at radius 1 is 1.12 bits per heavy atom. The first-order valence-corrected chi connectivity index (χ1v) is 5.70. The van der Waals surface area contributed by atoms with Crippen molar-refractivity contribution >= 4 is 7.82 Å². The first-order chi connectivity index (χ1) is 6.54. The van der Waals surface area contributed by atoms with Gasteiger partial charge in [0.1, 0.15) is 0 Å². The van der Waals surface area contributed by atoms with Crippen LogP contribution in [0.3, 0.4) is 0 Å². The Bertz CT molecular complexity index is 150. The Balaban J connectivity index is -0.0000000655. The molecule has 0 amide bonds. The molecular formula is C6H21N4O4PPt. The predicted octanol–water partition coefficient (Wildman–Crippen LogP) is -3.61. The smallest absolute Gasteiger partial charge is 0.790 e. The Labute approximate surface area is 110 Å². The third kappa shape index (κ3) is 127. The average molecular weight is 439 g/mol. The van der Waals surface area contributed by atoms with E-state index in [9.17, 15) is 0 Å². The molecule has 0 aromatic rings. The summed E-state index contributed by atoms with van der Waals surface area (Å²) in [6, 6.07) is 0.324. The van der Waals surface area contributed by atoms with Gasteiger partial charge in [0.15, 0.2) is 0 Å². The largest absolute Gasteiger partial charge is 2.00 e. The van der Waals surface area contributed by atoms with Crippen LogP contribution in [0.1, 0.15) is 13.8 Å². The molecule has 2 unspecified atom stereocenters. The van der Waals surface area contributed by atoms with Crippen LogP contribution in [0.5, 0.6) is 0 Å². The average Bonchev–Trinajstić information content (AvgIpc) is 2.02. The summed E-state index contributed by atoms with van der Waals surface area (Å²) in [5, 5.41) is 0. The van der Waals surface area contributed by atoms with Crippen LogP contribution in [0, 0.1) is 0 Å². The van der Waals surface area contributed by atoms with Crippen molar-refractivity contribution in [1.82, 2.24) is 0 Å². The van der Waals surface area contributed by atoms with Crippen molar-refractivity contribution in [2.45, 2.75) is 25.9 Å². The predicted molar refractivity (Wildman–Crippen MR) is 55.2 cm³/mol. The fraction of sp³-hybridized carbons (Fsp3) is 1.00. The molecule has 8 nitrogen and oxygen atoms in total. The molecule has 0 aliphatic carbocycles. The minimum absolute atomic E-state index is 0. The Hall–Kier alpha value is 0.638. The summed E-state index contributed by atoms with van der Waals surface area (Å²) in [6.07, 6.45) is 0. The molecule has 9 N–H and O–H groups in total. The molecule has 0 spiro atoms. The number of hydrogen-bond acceptors (Lipinski definition) is 7. The van der Waals surface area contributed by atoms with Gasteiger partial charge < -0.3 is 42.2 Å². The van der Waals surface area contributed by atoms with Crippen LogP contribution in [-0.2, 0) is 25.6 Å². The third-order valence-corrected chi connectivity index (χ3v) is 0.744. The molecule has 0 aromatic heterocycles. The normalized spacial score (nSPS) is 13.1. The van der Waals surface area contributed by atoms with Gasteiger partial charge in [-0.25, -0.2) is 0 Å². The Morgan fingerprint density at radius 2 is 1.19 bits per heavy atom. The molecule has 0 heterocycles. The van der Waals surface area contributed by atoms with Crippen LogP contribution in [0.25, 0.3) is 0 Å². The molecule has 0 bridgehead atoms. The molecule has 10 heteroatoms. The van der Waals surface area contributed by atoms with E-state index in [4.69, 9.17) is 42.2 Å². The zero-order valence-corrected chi connectivity index (χ0v) is 12.5. The second-order valence-corrected chi connectivity index (χ2v) is 3.83. The molecule has 0 aliphatic rings. The molecule has 0 saturated heterocycles. The van der Waals surface area contributed by atoms with Crippen molar-refractivity contribution in [3.8, 4) is 0 Å². The third-order valence-electron chi connectivity index (χ3n) is 0.744. The van der Waals surface area contributed by atoms with Crippen LogP contribution in [0.2, 0.25) is 0 Å². The maximum absolute atomic E-state index is 8.66. The van der Waals surface area contributed by atoms with Crippen LogP contribution < -0.4 is 32.7 Å². The van der Waals surface area contributed by atoms with Gasteiger partial charge in [0.2, 0.25) is 0 Å². The summed E-state index contributed by atoms with van der Waals surface area (Å²) in [4.78, 5) is 24.3. The maximum Gasteiger partial charge on any atom is 2.00 e. The molecule has 16 heavy (non-hydrogen) atoms. The van der Waals surface area contributed by atoms with Crippen molar-refractivity contribution in [3.63, 3.8) is 0 Å². The Morgan fingerprint density at radius 3 is 1.19 bits per heavy atom. The first kappa shape index (κ1) is 25.5. The van der Waals surface area contributed by atoms with E-state index in [2.05, 4.69) is 0 Å². The van der Waals surface area contributed by atoms with Gasteiger partial charge >= 0.3 is 21.1 Å². The molecule has 104 valence electrons. The van der Waals surface area contributed by atoms with Gasteiger partial charge in [-0.1, -0.05) is 0 Å². The molecule has 0 aromatic carbocycles. The van der Waals surface area contributed by atoms with E-state index >= 15 is 0 Å². The second kappa shape index (κ2) is 15.6. The Kier molecular flexibility index (Phi) is 24.9. The van der Waals surface area contributed by atoms with E-state index < -0.39 is 7.82 Å². The quantitative estimate of drug-likeness (QED) is 0.273. The monoisotopic (exact) mass is 439 g/mol. The zero-order valence-electron chi connectivity index (χ0n) is 9.31. The van der Waals surface area contributed by atoms with Crippen LogP contribution in [0.4, 0.5) is 0 Å². The van der Waals surface area contributed by atoms with E-state index in [0.29, 0.717) is 13.1 Å². The topological polar surface area (TPSA) is 188 Å². The minimum atomic E-state index is -5.14. The SMILES string of the molecule is CC(N)CN.CC(N)CN.O=P([O-])([O-])O.[Pt+2]. The van der Waals surface area contributed by atoms with E-state index in [1.165, 1.54) is 0 Å². The molecule has 0 fully saturated rings. The molecular weight excluding hydrogens is 418 g/mol. The van der Waals surface area contributed by atoms with Crippen LogP contribution >= 0.6 is 7.82 Å². The molecule has 0 aliphatic heterocycles. The summed E-state index contributed by atoms with van der Waals surface area (Å²) in [5.41, 5.74) is 20.4. The number of hydrogen-bond donors (Lipinski definition) is 5. The van der Waals surface area contributed by atoms with Crippen molar-refractivity contribution in [2.24, 2.45) is 22.9 Å². The van der Waals surface area contributed by atoms with Crippen molar-refractivity contribution in [2.75, 3.05) is 13.1 Å². The number of nitrogens with two attached hydrogens (primary N) is 4. The molecule has 0 radical (unpaired) electrons. The van der Waals surface area contributed by atoms with Gasteiger partial charge in [-0.05, 0) is 13.8 Å². The van der Waals surface area contributed by atoms with E-state index in [1.54, 1.807) is 0 Å². The molecule has 0 rings (SSSR count). The first-order valence-electron chi connectivity index (χ1n) is 4.20. The zero-order chi connectivity index (χ0) is 13.1. The molecule has 0 saturated carbocycles. The van der Waals surface area contributed by atoms with Gasteiger partial charge in [0.25, 0.3) is 0 Å². The van der Waals surface area contributed by atoms with Gasteiger partial charge in [0.05, 0.1) is 7.82 Å². The maximum atomic E-state index is 8.66. The van der Waals surface area contributed by atoms with Gasteiger partial charge in [0, 0.05) is 25.2 Å². The minimum Gasteiger partial charge on any atom is -0.790 e. The summed E-state index contributed by atoms with van der Waals surface area (Å²) in [6.45, 7) is 4.92. The fourth-order valence-corrected chi connectivity index (χ4v) is 0. The summed E-state index contributed by atoms with van der Waals surface area (Å²) in [7, 11) is -5.14. The van der Waals surface area contributed by atoms with E-state index in [-0.39, 0.29) is 33.1 Å². The standard InChI is InChI=1S/2C3H10N2.H3O4P.Pt/c2*1-3(5)2-4;1-5(2,3)4;/h2*3H,2,4-5H2,1H3;(H3,1,2,3,4);/q;;;+2/p-2. The van der Waals surface area contributed by atoms with Crippen LogP contribution in [0.15, 0.2) is 0 Å². The van der Waals surface area contributed by atoms with Crippen molar-refractivity contribution in [3.05, 3.63) is 0 Å². The van der Waals surface area contributed by atoms with Crippen molar-refractivity contribution in [1.29, 1.82) is 0 Å². The molecule has 2 atom stereocenters. The summed E-state index contributed by atoms with van der Waals surface area (Å²) in [5.74, 6) is 0. The van der Waals surface area contributed by atoms with Crippen LogP contribution in [-0.4, -0.2) is 30.1 Å². The van der Waals surface area contributed by atoms with E-state index in [1.807, 2.05) is 13.8 Å². The van der Waals surface area contributed by atoms with Gasteiger partial charge in [-0.3, -0.25) is 0 Å². The number of rotatable bonds is 2. The summed E-state index contributed by atoms with van der Waals surface area (Å²) >= 11 is 0. The van der Waals surface area contributed by atoms with Crippen molar-refractivity contribution < 1.29 is 40.3 Å². The van der Waals surface area contributed by atoms with E-state index in [0.717, 1.165) is 0 Å².